The molecule has 0 saturated carbocycles. The second kappa shape index (κ2) is 8.86. The zero-order valence-corrected chi connectivity index (χ0v) is 19.5. The van der Waals surface area contributed by atoms with Crippen LogP contribution >= 0.6 is 0 Å². The number of pyridine rings is 1. The van der Waals surface area contributed by atoms with Crippen LogP contribution in [0, 0.1) is 5.82 Å². The lowest BCUT2D eigenvalue weighted by Gasteiger charge is -2.45. The summed E-state index contributed by atoms with van der Waals surface area (Å²) >= 11 is 0. The number of piperazine rings is 1. The molecule has 33 heavy (non-hydrogen) atoms. The summed E-state index contributed by atoms with van der Waals surface area (Å²) in [5, 5.41) is 0. The van der Waals surface area contributed by atoms with Crippen molar-refractivity contribution < 1.29 is 9.18 Å². The van der Waals surface area contributed by atoms with E-state index in [9.17, 15) is 4.79 Å². The zero-order valence-electron chi connectivity index (χ0n) is 19.5. The van der Waals surface area contributed by atoms with Crippen LogP contribution in [-0.4, -0.2) is 62.9 Å². The molecule has 3 aromatic rings. The summed E-state index contributed by atoms with van der Waals surface area (Å²) in [7, 11) is 2.04. The Hall–Kier alpha value is -3.39. The summed E-state index contributed by atoms with van der Waals surface area (Å²) < 4.78 is 15.2. The van der Waals surface area contributed by atoms with Crippen molar-refractivity contribution >= 4 is 11.7 Å². The van der Waals surface area contributed by atoms with E-state index in [1.165, 1.54) is 12.4 Å². The standard InChI is InChI=1S/C25H29FN6O/c1-5-20-22(17-7-9-21(27)28-13-17)23(30-15-29-20)16-6-8-18(19(26)12-16)24(33)32-11-10-31(4)25(2,3)14-32/h6-9,12-13,15H,5,10-11,14H2,1-4H3,(H2,27,28). The molecule has 0 atom stereocenters. The summed E-state index contributed by atoms with van der Waals surface area (Å²) in [6.07, 6.45) is 3.82. The van der Waals surface area contributed by atoms with Crippen LogP contribution in [0.1, 0.15) is 36.8 Å². The molecule has 1 aromatic carbocycles. The highest BCUT2D eigenvalue weighted by Crippen LogP contribution is 2.33. The number of anilines is 1. The van der Waals surface area contributed by atoms with Gasteiger partial charge in [0.25, 0.3) is 5.91 Å². The molecule has 1 aliphatic rings. The van der Waals surface area contributed by atoms with Crippen molar-refractivity contribution in [1.29, 1.82) is 0 Å². The van der Waals surface area contributed by atoms with Crippen LogP contribution in [0.3, 0.4) is 0 Å². The molecule has 3 heterocycles. The minimum atomic E-state index is -0.563. The van der Waals surface area contributed by atoms with E-state index in [-0.39, 0.29) is 17.0 Å². The fraction of sp³-hybridized carbons (Fsp3) is 0.360. The molecule has 2 aromatic heterocycles. The number of likely N-dealkylation sites (N-methyl/N-ethyl adjacent to an activating group) is 1. The Morgan fingerprint density at radius 3 is 2.52 bits per heavy atom. The molecule has 0 unspecified atom stereocenters. The smallest absolute Gasteiger partial charge is 0.256 e. The number of amides is 1. The molecule has 1 aliphatic heterocycles. The van der Waals surface area contributed by atoms with Gasteiger partial charge in [-0.25, -0.2) is 19.3 Å². The van der Waals surface area contributed by atoms with Crippen molar-refractivity contribution in [3.05, 3.63) is 59.9 Å². The van der Waals surface area contributed by atoms with Crippen LogP contribution in [0.25, 0.3) is 22.4 Å². The van der Waals surface area contributed by atoms with E-state index in [1.807, 2.05) is 20.0 Å². The molecular formula is C25H29FN6O. The molecule has 0 spiro atoms. The van der Waals surface area contributed by atoms with E-state index < -0.39 is 5.82 Å². The number of halogens is 1. The van der Waals surface area contributed by atoms with E-state index in [2.05, 4.69) is 33.7 Å². The van der Waals surface area contributed by atoms with Crippen LogP contribution in [0.4, 0.5) is 10.2 Å². The molecule has 0 aliphatic carbocycles. The Morgan fingerprint density at radius 2 is 1.88 bits per heavy atom. The lowest BCUT2D eigenvalue weighted by Crippen LogP contribution is -2.58. The van der Waals surface area contributed by atoms with Crippen LogP contribution < -0.4 is 5.73 Å². The van der Waals surface area contributed by atoms with E-state index in [1.54, 1.807) is 29.3 Å². The second-order valence-corrected chi connectivity index (χ2v) is 9.02. The number of carbonyl (C=O) groups excluding carboxylic acids is 1. The van der Waals surface area contributed by atoms with Gasteiger partial charge in [0.05, 0.1) is 17.0 Å². The van der Waals surface area contributed by atoms with E-state index >= 15 is 4.39 Å². The summed E-state index contributed by atoms with van der Waals surface area (Å²) in [6, 6.07) is 8.24. The van der Waals surface area contributed by atoms with E-state index in [0.717, 1.165) is 23.4 Å². The first-order valence-corrected chi connectivity index (χ1v) is 11.1. The van der Waals surface area contributed by atoms with Crippen LogP contribution in [0.5, 0.6) is 0 Å². The SMILES string of the molecule is CCc1ncnc(-c2ccc(C(=O)N3CCN(C)C(C)(C)C3)c(F)c2)c1-c1ccc(N)nc1. The monoisotopic (exact) mass is 448 g/mol. The van der Waals surface area contributed by atoms with Crippen molar-refractivity contribution in [2.24, 2.45) is 0 Å². The Bertz CT molecular complexity index is 1180. The van der Waals surface area contributed by atoms with Crippen molar-refractivity contribution in [3.8, 4) is 22.4 Å². The van der Waals surface area contributed by atoms with Crippen molar-refractivity contribution in [1.82, 2.24) is 24.8 Å². The molecule has 0 radical (unpaired) electrons. The normalized spacial score (nSPS) is 16.1. The molecule has 2 N–H and O–H groups in total. The number of aryl methyl sites for hydroxylation is 1. The maximum absolute atomic E-state index is 15.2. The number of hydrogen-bond donors (Lipinski definition) is 1. The number of nitrogens with two attached hydrogens (primary N) is 1. The Balaban J connectivity index is 1.71. The third-order valence-corrected chi connectivity index (χ3v) is 6.41. The maximum Gasteiger partial charge on any atom is 0.256 e. The van der Waals surface area contributed by atoms with Gasteiger partial charge in [-0.1, -0.05) is 13.0 Å². The molecule has 1 fully saturated rings. The van der Waals surface area contributed by atoms with Gasteiger partial charge in [0.1, 0.15) is 18.0 Å². The average molecular weight is 449 g/mol. The molecule has 1 saturated heterocycles. The highest BCUT2D eigenvalue weighted by atomic mass is 19.1. The van der Waals surface area contributed by atoms with Gasteiger partial charge in [0.15, 0.2) is 0 Å². The minimum absolute atomic E-state index is 0.0691. The molecule has 8 heteroatoms. The first kappa shape index (κ1) is 22.8. The highest BCUT2D eigenvalue weighted by Gasteiger charge is 2.34. The Labute approximate surface area is 193 Å². The van der Waals surface area contributed by atoms with Crippen molar-refractivity contribution in [2.75, 3.05) is 32.4 Å². The number of hydrogen-bond acceptors (Lipinski definition) is 6. The first-order chi connectivity index (χ1) is 15.7. The van der Waals surface area contributed by atoms with Gasteiger partial charge in [-0.15, -0.1) is 0 Å². The number of carbonyl (C=O) groups is 1. The average Bonchev–Trinajstić information content (AvgIpc) is 2.80. The number of benzene rings is 1. The van der Waals surface area contributed by atoms with Gasteiger partial charge >= 0.3 is 0 Å². The fourth-order valence-corrected chi connectivity index (χ4v) is 4.19. The van der Waals surface area contributed by atoms with E-state index in [4.69, 9.17) is 5.73 Å². The Kier molecular flexibility index (Phi) is 6.12. The molecule has 7 nitrogen and oxygen atoms in total. The quantitative estimate of drug-likeness (QED) is 0.655. The number of nitrogens with zero attached hydrogens (tertiary/aromatic N) is 5. The number of nitrogen functional groups attached to an aromatic ring is 1. The van der Waals surface area contributed by atoms with Gasteiger partial charge in [-0.05, 0) is 51.6 Å². The predicted octanol–water partition coefficient (Wildman–Crippen LogP) is 3.66. The second-order valence-electron chi connectivity index (χ2n) is 9.02. The van der Waals surface area contributed by atoms with Crippen LogP contribution in [0.2, 0.25) is 0 Å². The first-order valence-electron chi connectivity index (χ1n) is 11.1. The van der Waals surface area contributed by atoms with Crippen LogP contribution in [0.15, 0.2) is 42.9 Å². The number of rotatable bonds is 4. The predicted molar refractivity (Wildman–Crippen MR) is 127 cm³/mol. The Morgan fingerprint density at radius 1 is 1.12 bits per heavy atom. The lowest BCUT2D eigenvalue weighted by atomic mass is 9.96. The summed E-state index contributed by atoms with van der Waals surface area (Å²) in [6.45, 7) is 8.03. The van der Waals surface area contributed by atoms with E-state index in [0.29, 0.717) is 36.6 Å². The third kappa shape index (κ3) is 4.43. The van der Waals surface area contributed by atoms with Gasteiger partial charge in [-0.2, -0.15) is 0 Å². The molecule has 172 valence electrons. The molecular weight excluding hydrogens is 419 g/mol. The third-order valence-electron chi connectivity index (χ3n) is 6.41. The summed E-state index contributed by atoms with van der Waals surface area (Å²) in [5.41, 5.74) is 9.23. The van der Waals surface area contributed by atoms with Gasteiger partial charge in [0, 0.05) is 48.1 Å². The highest BCUT2D eigenvalue weighted by molar-refractivity contribution is 5.95. The number of aromatic nitrogens is 3. The van der Waals surface area contributed by atoms with Crippen molar-refractivity contribution in [3.63, 3.8) is 0 Å². The van der Waals surface area contributed by atoms with Gasteiger partial charge in [0.2, 0.25) is 0 Å². The largest absolute Gasteiger partial charge is 0.384 e. The minimum Gasteiger partial charge on any atom is -0.384 e. The van der Waals surface area contributed by atoms with Gasteiger partial charge < -0.3 is 10.6 Å². The molecule has 1 amide bonds. The summed E-state index contributed by atoms with van der Waals surface area (Å²) in [5.74, 6) is -0.441. The van der Waals surface area contributed by atoms with Gasteiger partial charge in [-0.3, -0.25) is 9.69 Å². The molecule has 0 bridgehead atoms. The molecule has 4 rings (SSSR count). The lowest BCUT2D eigenvalue weighted by molar-refractivity contribution is 0.0308. The summed E-state index contributed by atoms with van der Waals surface area (Å²) in [4.78, 5) is 30.1. The van der Waals surface area contributed by atoms with Crippen LogP contribution in [-0.2, 0) is 6.42 Å². The zero-order chi connectivity index (χ0) is 23.8. The topological polar surface area (TPSA) is 88.2 Å². The van der Waals surface area contributed by atoms with Crippen molar-refractivity contribution in [2.45, 2.75) is 32.7 Å². The maximum atomic E-state index is 15.2. The fourth-order valence-electron chi connectivity index (χ4n) is 4.19.